The van der Waals surface area contributed by atoms with E-state index >= 15 is 0 Å². The van der Waals surface area contributed by atoms with E-state index in [1.807, 2.05) is 30.5 Å². The van der Waals surface area contributed by atoms with Gasteiger partial charge in [-0.3, -0.25) is 9.59 Å². The predicted octanol–water partition coefficient (Wildman–Crippen LogP) is 2.56. The van der Waals surface area contributed by atoms with E-state index in [0.717, 1.165) is 48.3 Å². The van der Waals surface area contributed by atoms with Crippen LogP contribution in [0.5, 0.6) is 0 Å². The number of carbonyl (C=O) groups excluding carboxylic acids is 2. The number of nitrogens with zero attached hydrogens (tertiary/aromatic N) is 3. The van der Waals surface area contributed by atoms with Crippen LogP contribution in [0.15, 0.2) is 18.2 Å². The van der Waals surface area contributed by atoms with Gasteiger partial charge in [0.15, 0.2) is 11.5 Å². The molecule has 0 radical (unpaired) electrons. The number of fused-ring (bicyclic) bond motifs is 1. The Balaban J connectivity index is 1.64. The minimum absolute atomic E-state index is 0.114. The molecule has 1 N–H and O–H groups in total. The second kappa shape index (κ2) is 7.75. The molecule has 1 saturated heterocycles. The number of rotatable bonds is 3. The Morgan fingerprint density at radius 1 is 1.04 bits per heavy atom. The molecule has 4 rings (SSSR count). The van der Waals surface area contributed by atoms with Crippen LogP contribution in [0.3, 0.4) is 0 Å². The third-order valence-electron chi connectivity index (χ3n) is 5.30. The summed E-state index contributed by atoms with van der Waals surface area (Å²) in [5, 5.41) is 2.96. The Morgan fingerprint density at radius 2 is 1.75 bits per heavy atom. The molecule has 2 aromatic rings. The van der Waals surface area contributed by atoms with Crippen LogP contribution < -0.4 is 5.32 Å². The molecule has 0 saturated carbocycles. The van der Waals surface area contributed by atoms with Gasteiger partial charge in [-0.15, -0.1) is 0 Å². The minimum atomic E-state index is -0.253. The van der Waals surface area contributed by atoms with Gasteiger partial charge in [-0.05, 0) is 56.4 Å². The molecule has 7 nitrogen and oxygen atoms in total. The largest absolute Gasteiger partial charge is 0.378 e. The Hall–Kier alpha value is -2.67. The Morgan fingerprint density at radius 3 is 2.46 bits per heavy atom. The molecule has 0 unspecified atom stereocenters. The zero-order valence-corrected chi connectivity index (χ0v) is 16.5. The molecular weight excluding hydrogens is 356 g/mol. The van der Waals surface area contributed by atoms with E-state index < -0.39 is 0 Å². The van der Waals surface area contributed by atoms with Crippen molar-refractivity contribution in [3.05, 3.63) is 46.5 Å². The summed E-state index contributed by atoms with van der Waals surface area (Å²) in [6.07, 6.45) is 2.75. The van der Waals surface area contributed by atoms with Gasteiger partial charge in [0.25, 0.3) is 11.8 Å². The molecule has 1 fully saturated rings. The topological polar surface area (TPSA) is 76.5 Å². The molecule has 148 valence electrons. The molecule has 2 amide bonds. The average molecular weight is 382 g/mol. The zero-order valence-electron chi connectivity index (χ0n) is 16.5. The first kappa shape index (κ1) is 18.7. The molecular formula is C21H26N4O3. The van der Waals surface area contributed by atoms with Crippen molar-refractivity contribution in [3.63, 3.8) is 0 Å². The Bertz CT molecular complexity index is 892. The van der Waals surface area contributed by atoms with Gasteiger partial charge in [0.05, 0.1) is 18.9 Å². The molecule has 1 aromatic carbocycles. The number of carbonyl (C=O) groups is 2. The van der Waals surface area contributed by atoms with Crippen LogP contribution in [0.4, 0.5) is 5.69 Å². The second-order valence-electron chi connectivity index (χ2n) is 7.57. The fourth-order valence-electron chi connectivity index (χ4n) is 4.03. The number of aryl methyl sites for hydroxylation is 2. The number of morpholine rings is 1. The number of hydrogen-bond acceptors (Lipinski definition) is 4. The summed E-state index contributed by atoms with van der Waals surface area (Å²) in [6, 6.07) is 5.94. The summed E-state index contributed by atoms with van der Waals surface area (Å²) in [6.45, 7) is 6.93. The quantitative estimate of drug-likeness (QED) is 0.885. The maximum Gasteiger partial charge on any atom is 0.290 e. The van der Waals surface area contributed by atoms with Crippen molar-refractivity contribution in [1.29, 1.82) is 0 Å². The molecule has 1 aromatic heterocycles. The van der Waals surface area contributed by atoms with Crippen molar-refractivity contribution in [3.8, 4) is 0 Å². The number of ether oxygens (including phenoxy) is 1. The van der Waals surface area contributed by atoms with Crippen molar-refractivity contribution in [2.45, 2.75) is 39.7 Å². The maximum atomic E-state index is 13.0. The molecule has 28 heavy (non-hydrogen) atoms. The number of amides is 2. The van der Waals surface area contributed by atoms with Gasteiger partial charge >= 0.3 is 0 Å². The molecule has 0 aliphatic carbocycles. The van der Waals surface area contributed by atoms with Gasteiger partial charge in [-0.25, -0.2) is 4.98 Å². The molecule has 7 heteroatoms. The van der Waals surface area contributed by atoms with E-state index in [2.05, 4.69) is 16.4 Å². The van der Waals surface area contributed by atoms with E-state index in [0.29, 0.717) is 37.8 Å². The van der Waals surface area contributed by atoms with E-state index in [9.17, 15) is 9.59 Å². The summed E-state index contributed by atoms with van der Waals surface area (Å²) in [7, 11) is 0. The summed E-state index contributed by atoms with van der Waals surface area (Å²) in [5.41, 5.74) is 4.16. The van der Waals surface area contributed by atoms with Crippen LogP contribution in [0.1, 0.15) is 50.8 Å². The number of imidazole rings is 1. The number of benzene rings is 1. The lowest BCUT2D eigenvalue weighted by Crippen LogP contribution is -2.42. The molecule has 0 atom stereocenters. The van der Waals surface area contributed by atoms with Crippen LogP contribution in [0.25, 0.3) is 0 Å². The number of nitrogens with one attached hydrogen (secondary N) is 1. The monoisotopic (exact) mass is 382 g/mol. The van der Waals surface area contributed by atoms with Crippen molar-refractivity contribution < 1.29 is 14.3 Å². The van der Waals surface area contributed by atoms with Crippen LogP contribution >= 0.6 is 0 Å². The van der Waals surface area contributed by atoms with Crippen molar-refractivity contribution in [2.24, 2.45) is 0 Å². The summed E-state index contributed by atoms with van der Waals surface area (Å²) >= 11 is 0. The number of aromatic nitrogens is 2. The highest BCUT2D eigenvalue weighted by Crippen LogP contribution is 2.24. The van der Waals surface area contributed by atoms with E-state index in [1.165, 1.54) is 0 Å². The third kappa shape index (κ3) is 3.67. The van der Waals surface area contributed by atoms with Gasteiger partial charge in [0.2, 0.25) is 0 Å². The molecule has 3 heterocycles. The summed E-state index contributed by atoms with van der Waals surface area (Å²) < 4.78 is 7.28. The molecule has 0 bridgehead atoms. The minimum Gasteiger partial charge on any atom is -0.378 e. The number of anilines is 1. The fourth-order valence-corrected chi connectivity index (χ4v) is 4.03. The molecule has 2 aliphatic rings. The Kier molecular flexibility index (Phi) is 5.17. The fraction of sp³-hybridized carbons (Fsp3) is 0.476. The first-order valence-electron chi connectivity index (χ1n) is 9.89. The zero-order chi connectivity index (χ0) is 19.7. The predicted molar refractivity (Wildman–Crippen MR) is 106 cm³/mol. The molecule has 0 spiro atoms. The first-order valence-corrected chi connectivity index (χ1v) is 9.89. The second-order valence-corrected chi connectivity index (χ2v) is 7.57. The van der Waals surface area contributed by atoms with Crippen LogP contribution in [0, 0.1) is 13.8 Å². The standard InChI is InChI=1S/C21H26N4O3/c1-14-11-15(2)13-16(12-14)22-20(26)18-17-5-3-4-6-25(17)19(23-18)21(27)24-7-9-28-10-8-24/h11-13H,3-10H2,1-2H3,(H,22,26). The van der Waals surface area contributed by atoms with Crippen LogP contribution in [0.2, 0.25) is 0 Å². The van der Waals surface area contributed by atoms with Crippen LogP contribution in [-0.2, 0) is 17.7 Å². The van der Waals surface area contributed by atoms with Gasteiger partial charge in [0, 0.05) is 25.3 Å². The smallest absolute Gasteiger partial charge is 0.290 e. The first-order chi connectivity index (χ1) is 13.5. The normalized spacial score (nSPS) is 16.6. The van der Waals surface area contributed by atoms with Gasteiger partial charge < -0.3 is 19.5 Å². The number of hydrogen-bond donors (Lipinski definition) is 1. The van der Waals surface area contributed by atoms with E-state index in [-0.39, 0.29) is 11.8 Å². The average Bonchev–Trinajstić information content (AvgIpc) is 3.07. The van der Waals surface area contributed by atoms with Gasteiger partial charge in [-0.2, -0.15) is 0 Å². The third-order valence-corrected chi connectivity index (χ3v) is 5.30. The van der Waals surface area contributed by atoms with Gasteiger partial charge in [-0.1, -0.05) is 6.07 Å². The highest BCUT2D eigenvalue weighted by atomic mass is 16.5. The summed E-state index contributed by atoms with van der Waals surface area (Å²) in [4.78, 5) is 32.3. The Labute approximate surface area is 164 Å². The SMILES string of the molecule is Cc1cc(C)cc(NC(=O)c2nc(C(=O)N3CCOCC3)n3c2CCCC3)c1. The lowest BCUT2D eigenvalue weighted by molar-refractivity contribution is 0.0291. The van der Waals surface area contributed by atoms with E-state index in [1.54, 1.807) is 4.90 Å². The highest BCUT2D eigenvalue weighted by molar-refractivity contribution is 6.05. The molecule has 2 aliphatic heterocycles. The summed E-state index contributed by atoms with van der Waals surface area (Å²) in [5.74, 6) is 0.00995. The van der Waals surface area contributed by atoms with E-state index in [4.69, 9.17) is 4.74 Å². The maximum absolute atomic E-state index is 13.0. The highest BCUT2D eigenvalue weighted by Gasteiger charge is 2.30. The van der Waals surface area contributed by atoms with Crippen LogP contribution in [-0.4, -0.2) is 52.6 Å². The lowest BCUT2D eigenvalue weighted by Gasteiger charge is -2.27. The van der Waals surface area contributed by atoms with Gasteiger partial charge in [0.1, 0.15) is 0 Å². The lowest BCUT2D eigenvalue weighted by atomic mass is 10.1. The van der Waals surface area contributed by atoms with Crippen molar-refractivity contribution in [2.75, 3.05) is 31.6 Å². The van der Waals surface area contributed by atoms with Crippen molar-refractivity contribution in [1.82, 2.24) is 14.5 Å². The van der Waals surface area contributed by atoms with Crippen molar-refractivity contribution >= 4 is 17.5 Å².